The third-order valence-corrected chi connectivity index (χ3v) is 11.4. The van der Waals surface area contributed by atoms with Gasteiger partial charge in [-0.15, -0.1) is 0 Å². The van der Waals surface area contributed by atoms with Crippen LogP contribution in [0.3, 0.4) is 0 Å². The number of hydrogen-bond acceptors (Lipinski definition) is 17. The average Bonchev–Trinajstić information content (AvgIpc) is 3.31. The Morgan fingerprint density at radius 1 is 0.500 bits per heavy atom. The van der Waals surface area contributed by atoms with Crippen LogP contribution in [0.2, 0.25) is 0 Å². The summed E-state index contributed by atoms with van der Waals surface area (Å²) in [6.07, 6.45) is -6.75. The van der Waals surface area contributed by atoms with Gasteiger partial charge in [0, 0.05) is 32.5 Å². The smallest absolute Gasteiger partial charge is 0.469 e. The molecule has 0 saturated heterocycles. The quantitative estimate of drug-likeness (QED) is 0.0118. The van der Waals surface area contributed by atoms with Crippen LogP contribution in [0.15, 0.2) is 15.0 Å². The number of aliphatic hydroxyl groups excluding tert-OH is 1. The zero-order valence-corrected chi connectivity index (χ0v) is 44.7. The maximum Gasteiger partial charge on any atom is 0.469 e. The number of rotatable bonds is 39. The van der Waals surface area contributed by atoms with E-state index in [4.69, 9.17) is 45.9 Å². The van der Waals surface area contributed by atoms with E-state index >= 15 is 0 Å². The normalized spacial score (nSPS) is 15.0. The fourth-order valence-electron chi connectivity index (χ4n) is 6.91. The van der Waals surface area contributed by atoms with E-state index in [9.17, 15) is 77.6 Å². The first-order chi connectivity index (χ1) is 36.1. The third kappa shape index (κ3) is 30.9. The number of carbonyl (C=O) groups is 10. The molecule has 0 rings (SSSR count). The number of carboxylic acid groups (broad SMARTS) is 2. The second kappa shape index (κ2) is 35.8. The molecule has 0 fully saturated rings. The first kappa shape index (κ1) is 70.5. The highest BCUT2D eigenvalue weighted by Gasteiger charge is 2.38. The first-order valence-corrected chi connectivity index (χ1v) is 25.9. The average molecular weight is 1140 g/mol. The predicted molar refractivity (Wildman–Crippen MR) is 278 cm³/mol. The van der Waals surface area contributed by atoms with Gasteiger partial charge in [-0.1, -0.05) is 13.8 Å². The standard InChI is InChI=1S/C42H79N18O17P/c1-19(2)18-27(39(72)73)58-35(68)25(11-13-28(44)62)57-38(71)31(21(4)77-78(74,75)76)60-36(69)26(12-14-29(63)64)55-33(66)23(9-6-16-52-41(47)48)54-34(67)24(10-7-17-53-42(49)50)56-37(70)30(20(3)61)59-32(65)22(43)8-5-15-51-40(45)46/h19-27,30-31,61H,5-18,43H2,1-4H3,(H2,44,62)(H,54,67)(H,55,66)(H,56,70)(H,57,71)(H,58,68)(H,59,65)(H,60,69)(H,63,64)(H,72,73)(H4,45,46,51)(H4,47,48,52)(H4,49,50,53)(H2,74,75,76)/t20-,21-,22+,23+,24+,25+,26+,27+,30+,31+/m1/s1. The largest absolute Gasteiger partial charge is 0.481 e. The Kier molecular flexibility index (Phi) is 32.4. The summed E-state index contributed by atoms with van der Waals surface area (Å²) in [5, 5.41) is 45.8. The highest BCUT2D eigenvalue weighted by molar-refractivity contribution is 7.46. The van der Waals surface area contributed by atoms with Gasteiger partial charge in [-0.2, -0.15) is 0 Å². The van der Waals surface area contributed by atoms with Gasteiger partial charge in [0.25, 0.3) is 0 Å². The molecule has 8 amide bonds. The van der Waals surface area contributed by atoms with Crippen LogP contribution in [-0.2, 0) is 57.0 Å². The number of carboxylic acids is 2. The Labute approximate surface area is 448 Å². The molecule has 0 aliphatic carbocycles. The maximum atomic E-state index is 14.2. The van der Waals surface area contributed by atoms with Crippen molar-refractivity contribution in [2.45, 2.75) is 159 Å². The Morgan fingerprint density at radius 3 is 1.23 bits per heavy atom. The van der Waals surface area contributed by atoms with Crippen LogP contribution in [-0.4, -0.2) is 182 Å². The van der Waals surface area contributed by atoms with Gasteiger partial charge in [-0.25, -0.2) is 9.36 Å². The van der Waals surface area contributed by atoms with E-state index in [-0.39, 0.29) is 88.4 Å². The van der Waals surface area contributed by atoms with Gasteiger partial charge in [-0.3, -0.25) is 62.7 Å². The molecule has 0 aromatic carbocycles. The zero-order chi connectivity index (χ0) is 60.0. The van der Waals surface area contributed by atoms with Crippen molar-refractivity contribution in [1.82, 2.24) is 37.2 Å². The first-order valence-electron chi connectivity index (χ1n) is 24.3. The van der Waals surface area contributed by atoms with Crippen molar-refractivity contribution in [2.75, 3.05) is 19.6 Å². The molecule has 444 valence electrons. The number of hydrogen-bond donors (Lipinski definition) is 20. The molecule has 0 spiro atoms. The van der Waals surface area contributed by atoms with Gasteiger partial charge < -0.3 is 108 Å². The van der Waals surface area contributed by atoms with Crippen molar-refractivity contribution in [2.24, 2.45) is 66.8 Å². The van der Waals surface area contributed by atoms with Crippen LogP contribution in [0.25, 0.3) is 0 Å². The molecule has 0 aromatic rings. The van der Waals surface area contributed by atoms with Crippen LogP contribution >= 0.6 is 7.82 Å². The Balaban J connectivity index is 7.21. The molecule has 10 atom stereocenters. The molecule has 78 heavy (non-hydrogen) atoms. The molecular weight excluding hydrogens is 1060 g/mol. The summed E-state index contributed by atoms with van der Waals surface area (Å²) >= 11 is 0. The number of nitrogens with zero attached hydrogens (tertiary/aromatic N) is 3. The SMILES string of the molecule is CC(C)C[C@H](NC(=O)[C@H](CCC(N)=O)NC(=O)[C@@H](NC(=O)[C@H](CCC(=O)O)NC(=O)[C@H](CCCN=C(N)N)NC(=O)[C@H](CCCN=C(N)N)NC(=O)[C@@H](NC(=O)[C@@H](N)CCCN=C(N)N)[C@@H](C)O)[C@@H](C)OP(=O)(O)O)C(=O)O. The third-order valence-electron chi connectivity index (χ3n) is 10.8. The van der Waals surface area contributed by atoms with Crippen LogP contribution in [0.5, 0.6) is 0 Å². The lowest BCUT2D eigenvalue weighted by atomic mass is 10.0. The van der Waals surface area contributed by atoms with E-state index in [1.165, 1.54) is 0 Å². The van der Waals surface area contributed by atoms with Crippen molar-refractivity contribution >= 4 is 84.9 Å². The number of primary amides is 1. The number of amides is 8. The summed E-state index contributed by atoms with van der Waals surface area (Å²) < 4.78 is 16.7. The van der Waals surface area contributed by atoms with Gasteiger partial charge in [0.05, 0.1) is 18.2 Å². The van der Waals surface area contributed by atoms with Crippen LogP contribution in [0.4, 0.5) is 0 Å². The molecule has 0 aliphatic rings. The van der Waals surface area contributed by atoms with Crippen molar-refractivity contribution in [3.05, 3.63) is 0 Å². The van der Waals surface area contributed by atoms with Gasteiger partial charge in [0.2, 0.25) is 47.3 Å². The molecule has 0 radical (unpaired) electrons. The Morgan fingerprint density at radius 2 is 0.859 bits per heavy atom. The molecule has 35 nitrogen and oxygen atoms in total. The Hall–Kier alpha value is -7.46. The number of aliphatic imine (C=N–C) groups is 3. The van der Waals surface area contributed by atoms with E-state index in [1.807, 2.05) is 0 Å². The minimum Gasteiger partial charge on any atom is -0.481 e. The number of nitrogens with two attached hydrogens (primary N) is 8. The number of phosphoric ester groups is 1. The number of carbonyl (C=O) groups excluding carboxylic acids is 8. The summed E-state index contributed by atoms with van der Waals surface area (Å²) in [6, 6.07) is -13.7. The van der Waals surface area contributed by atoms with Gasteiger partial charge in [0.15, 0.2) is 17.9 Å². The highest BCUT2D eigenvalue weighted by Crippen LogP contribution is 2.38. The lowest BCUT2D eigenvalue weighted by Gasteiger charge is -2.30. The summed E-state index contributed by atoms with van der Waals surface area (Å²) in [5.74, 6) is -13.3. The Bertz CT molecular complexity index is 2180. The molecule has 0 aromatic heterocycles. The molecule has 0 saturated carbocycles. The maximum absolute atomic E-state index is 14.2. The van der Waals surface area contributed by atoms with Crippen molar-refractivity contribution in [1.29, 1.82) is 0 Å². The van der Waals surface area contributed by atoms with Crippen molar-refractivity contribution < 1.29 is 82.1 Å². The highest BCUT2D eigenvalue weighted by atomic mass is 31.2. The second-order valence-electron chi connectivity index (χ2n) is 18.2. The monoisotopic (exact) mass is 1140 g/mol. The van der Waals surface area contributed by atoms with E-state index in [2.05, 4.69) is 56.7 Å². The lowest BCUT2D eigenvalue weighted by molar-refractivity contribution is -0.143. The summed E-state index contributed by atoms with van der Waals surface area (Å²) in [6.45, 7) is 5.27. The van der Waals surface area contributed by atoms with E-state index in [0.29, 0.717) is 0 Å². The van der Waals surface area contributed by atoms with E-state index < -0.39 is 153 Å². The fourth-order valence-corrected chi connectivity index (χ4v) is 7.47. The summed E-state index contributed by atoms with van der Waals surface area (Å²) in [5.41, 5.74) is 43.6. The molecular formula is C42H79N18O17P. The topological polar surface area (TPSA) is 628 Å². The molecule has 28 N–H and O–H groups in total. The molecule has 0 heterocycles. The summed E-state index contributed by atoms with van der Waals surface area (Å²) in [7, 11) is -5.50. The second-order valence-corrected chi connectivity index (χ2v) is 19.4. The van der Waals surface area contributed by atoms with Gasteiger partial charge in [-0.05, 0) is 77.6 Å². The number of aliphatic carboxylic acids is 2. The van der Waals surface area contributed by atoms with E-state index in [0.717, 1.165) is 13.8 Å². The number of guanidine groups is 3. The summed E-state index contributed by atoms with van der Waals surface area (Å²) in [4.78, 5) is 163. The lowest BCUT2D eigenvalue weighted by Crippen LogP contribution is -2.62. The number of nitrogens with one attached hydrogen (secondary N) is 7. The predicted octanol–water partition coefficient (Wildman–Crippen LogP) is -7.99. The van der Waals surface area contributed by atoms with E-state index in [1.54, 1.807) is 13.8 Å². The minimum absolute atomic E-state index is 0.00211. The van der Waals surface area contributed by atoms with Crippen molar-refractivity contribution in [3.63, 3.8) is 0 Å². The van der Waals surface area contributed by atoms with Crippen LogP contribution < -0.4 is 83.1 Å². The van der Waals surface area contributed by atoms with Gasteiger partial charge in [0.1, 0.15) is 42.3 Å². The zero-order valence-electron chi connectivity index (χ0n) is 43.8. The molecule has 0 aliphatic heterocycles. The minimum atomic E-state index is -5.50. The molecule has 0 unspecified atom stereocenters. The molecule has 36 heteroatoms. The number of aliphatic hydroxyl groups is 1. The number of phosphoric acid groups is 1. The van der Waals surface area contributed by atoms with Gasteiger partial charge >= 0.3 is 19.8 Å². The van der Waals surface area contributed by atoms with Crippen LogP contribution in [0.1, 0.15) is 98.3 Å². The molecule has 0 bridgehead atoms. The van der Waals surface area contributed by atoms with Crippen molar-refractivity contribution in [3.8, 4) is 0 Å². The van der Waals surface area contributed by atoms with Crippen LogP contribution in [0, 0.1) is 5.92 Å². The fraction of sp³-hybridized carbons (Fsp3) is 0.690.